The zero-order chi connectivity index (χ0) is 12.5. The third-order valence-electron chi connectivity index (χ3n) is 3.51. The van der Waals surface area contributed by atoms with Gasteiger partial charge in [-0.25, -0.2) is 4.98 Å². The van der Waals surface area contributed by atoms with E-state index in [9.17, 15) is 0 Å². The van der Waals surface area contributed by atoms with E-state index in [1.54, 1.807) is 6.33 Å². The Morgan fingerprint density at radius 3 is 3.11 bits per heavy atom. The van der Waals surface area contributed by atoms with Crippen LogP contribution in [-0.2, 0) is 0 Å². The summed E-state index contributed by atoms with van der Waals surface area (Å²) in [7, 11) is 0. The van der Waals surface area contributed by atoms with Gasteiger partial charge in [-0.2, -0.15) is 4.98 Å². The largest absolute Gasteiger partial charge is 0.352 e. The maximum Gasteiger partial charge on any atom is 0.263 e. The van der Waals surface area contributed by atoms with Crippen LogP contribution in [0, 0.1) is 6.92 Å². The average Bonchev–Trinajstić information content (AvgIpc) is 3.02. The third-order valence-corrected chi connectivity index (χ3v) is 3.51. The van der Waals surface area contributed by atoms with Crippen molar-refractivity contribution in [3.63, 3.8) is 0 Å². The molecule has 1 N–H and O–H groups in total. The highest BCUT2D eigenvalue weighted by atomic mass is 16.5. The van der Waals surface area contributed by atoms with Crippen LogP contribution in [0.3, 0.4) is 0 Å². The van der Waals surface area contributed by atoms with Gasteiger partial charge in [-0.1, -0.05) is 5.16 Å². The van der Waals surface area contributed by atoms with E-state index < -0.39 is 0 Å². The number of anilines is 1. The van der Waals surface area contributed by atoms with Gasteiger partial charge in [-0.15, -0.1) is 0 Å². The molecule has 1 fully saturated rings. The molecule has 1 saturated heterocycles. The predicted molar refractivity (Wildman–Crippen MR) is 68.6 cm³/mol. The van der Waals surface area contributed by atoms with Crippen LogP contribution in [0.1, 0.15) is 19.0 Å². The lowest BCUT2D eigenvalue weighted by atomic mass is 10.2. The Kier molecular flexibility index (Phi) is 2.87. The van der Waals surface area contributed by atoms with Crippen LogP contribution in [-0.4, -0.2) is 40.8 Å². The Balaban J connectivity index is 2.08. The molecular weight excluding hydrogens is 230 g/mol. The fourth-order valence-corrected chi connectivity index (χ4v) is 2.61. The first kappa shape index (κ1) is 11.4. The first-order valence-corrected chi connectivity index (χ1v) is 6.35. The van der Waals surface area contributed by atoms with E-state index >= 15 is 0 Å². The molecule has 0 amide bonds. The van der Waals surface area contributed by atoms with Crippen LogP contribution in [0.2, 0.25) is 0 Å². The van der Waals surface area contributed by atoms with Gasteiger partial charge in [0, 0.05) is 19.1 Å². The maximum atomic E-state index is 5.20. The van der Waals surface area contributed by atoms with Crippen LogP contribution >= 0.6 is 0 Å². The molecule has 2 aromatic rings. The molecule has 1 atom stereocenters. The quantitative estimate of drug-likeness (QED) is 0.876. The number of aromatic nitrogens is 3. The van der Waals surface area contributed by atoms with E-state index in [1.807, 2.05) is 6.92 Å². The molecule has 6 heteroatoms. The monoisotopic (exact) mass is 247 g/mol. The summed E-state index contributed by atoms with van der Waals surface area (Å²) in [5, 5.41) is 8.31. The molecule has 0 spiro atoms. The number of hydrogen-bond donors (Lipinski definition) is 1. The third kappa shape index (κ3) is 1.73. The van der Waals surface area contributed by atoms with E-state index in [0.29, 0.717) is 11.8 Å². The lowest BCUT2D eigenvalue weighted by molar-refractivity contribution is 0.442. The minimum absolute atomic E-state index is 0.488. The smallest absolute Gasteiger partial charge is 0.263 e. The van der Waals surface area contributed by atoms with Gasteiger partial charge in [0.15, 0.2) is 0 Å². The standard InChI is InChI=1S/C12H17N5O/c1-3-17(9-4-5-13-6-9)11-10-8(2)16-18-12(10)15-7-14-11/h7,9,13H,3-6H2,1-2H3. The molecule has 0 radical (unpaired) electrons. The van der Waals surface area contributed by atoms with Gasteiger partial charge < -0.3 is 14.7 Å². The van der Waals surface area contributed by atoms with Crippen molar-refractivity contribution in [1.82, 2.24) is 20.4 Å². The summed E-state index contributed by atoms with van der Waals surface area (Å²) in [5.41, 5.74) is 1.42. The number of aryl methyl sites for hydroxylation is 1. The lowest BCUT2D eigenvalue weighted by Crippen LogP contribution is -2.37. The zero-order valence-corrected chi connectivity index (χ0v) is 10.7. The minimum Gasteiger partial charge on any atom is -0.352 e. The Morgan fingerprint density at radius 2 is 2.39 bits per heavy atom. The number of fused-ring (bicyclic) bond motifs is 1. The van der Waals surface area contributed by atoms with Crippen LogP contribution < -0.4 is 10.2 Å². The number of likely N-dealkylation sites (N-methyl/N-ethyl adjacent to an activating group) is 1. The number of rotatable bonds is 3. The van der Waals surface area contributed by atoms with Gasteiger partial charge in [0.05, 0.1) is 5.69 Å². The summed E-state index contributed by atoms with van der Waals surface area (Å²) in [6, 6.07) is 0.488. The van der Waals surface area contributed by atoms with Crippen molar-refractivity contribution < 1.29 is 4.52 Å². The van der Waals surface area contributed by atoms with Crippen LogP contribution in [0.4, 0.5) is 5.82 Å². The van der Waals surface area contributed by atoms with Crippen molar-refractivity contribution in [3.8, 4) is 0 Å². The molecule has 3 heterocycles. The average molecular weight is 247 g/mol. The molecule has 0 bridgehead atoms. The van der Waals surface area contributed by atoms with E-state index in [0.717, 1.165) is 43.0 Å². The second kappa shape index (κ2) is 4.53. The Morgan fingerprint density at radius 1 is 1.50 bits per heavy atom. The highest BCUT2D eigenvalue weighted by Crippen LogP contribution is 2.28. The van der Waals surface area contributed by atoms with Crippen molar-refractivity contribution in [1.29, 1.82) is 0 Å². The molecule has 1 unspecified atom stereocenters. The van der Waals surface area contributed by atoms with Gasteiger partial charge in [0.1, 0.15) is 17.5 Å². The number of nitrogens with one attached hydrogen (secondary N) is 1. The molecule has 96 valence electrons. The van der Waals surface area contributed by atoms with Gasteiger partial charge in [-0.05, 0) is 26.8 Å². The highest BCUT2D eigenvalue weighted by molar-refractivity contribution is 5.88. The van der Waals surface area contributed by atoms with Gasteiger partial charge in [-0.3, -0.25) is 0 Å². The first-order valence-electron chi connectivity index (χ1n) is 6.35. The summed E-state index contributed by atoms with van der Waals surface area (Å²) >= 11 is 0. The molecule has 6 nitrogen and oxygen atoms in total. The second-order valence-electron chi connectivity index (χ2n) is 4.58. The zero-order valence-electron chi connectivity index (χ0n) is 10.7. The maximum absolute atomic E-state index is 5.20. The van der Waals surface area contributed by atoms with E-state index in [-0.39, 0.29) is 0 Å². The molecule has 0 aromatic carbocycles. The van der Waals surface area contributed by atoms with E-state index in [1.165, 1.54) is 0 Å². The fraction of sp³-hybridized carbons (Fsp3) is 0.583. The predicted octanol–water partition coefficient (Wildman–Crippen LogP) is 1.11. The molecule has 18 heavy (non-hydrogen) atoms. The molecule has 2 aromatic heterocycles. The van der Waals surface area contributed by atoms with E-state index in [4.69, 9.17) is 4.52 Å². The molecule has 0 saturated carbocycles. The van der Waals surface area contributed by atoms with Gasteiger partial charge in [0.25, 0.3) is 5.71 Å². The second-order valence-corrected chi connectivity index (χ2v) is 4.58. The number of nitrogens with zero attached hydrogens (tertiary/aromatic N) is 4. The summed E-state index contributed by atoms with van der Waals surface area (Å²) in [6.45, 7) is 7.07. The van der Waals surface area contributed by atoms with Gasteiger partial charge >= 0.3 is 0 Å². The normalized spacial score (nSPS) is 19.6. The highest BCUT2D eigenvalue weighted by Gasteiger charge is 2.25. The molecule has 1 aliphatic rings. The van der Waals surface area contributed by atoms with Crippen LogP contribution in [0.25, 0.3) is 11.1 Å². The molecule has 3 rings (SSSR count). The van der Waals surface area contributed by atoms with Crippen molar-refractivity contribution >= 4 is 16.9 Å². The first-order chi connectivity index (χ1) is 8.81. The van der Waals surface area contributed by atoms with E-state index in [2.05, 4.69) is 32.3 Å². The Hall–Kier alpha value is -1.69. The SMILES string of the molecule is CCN(c1ncnc2onc(C)c12)C1CCNC1. The lowest BCUT2D eigenvalue weighted by Gasteiger charge is -2.28. The summed E-state index contributed by atoms with van der Waals surface area (Å²) in [6.07, 6.45) is 2.69. The summed E-state index contributed by atoms with van der Waals surface area (Å²) in [5.74, 6) is 0.940. The van der Waals surface area contributed by atoms with Crippen molar-refractivity contribution in [2.45, 2.75) is 26.3 Å². The Bertz CT molecular complexity index is 546. The van der Waals surface area contributed by atoms with Crippen LogP contribution in [0.15, 0.2) is 10.9 Å². The van der Waals surface area contributed by atoms with Crippen LogP contribution in [0.5, 0.6) is 0 Å². The molecule has 0 aliphatic carbocycles. The molecule has 1 aliphatic heterocycles. The molecular formula is C12H17N5O. The van der Waals surface area contributed by atoms with Crippen molar-refractivity contribution in [2.24, 2.45) is 0 Å². The van der Waals surface area contributed by atoms with Crippen molar-refractivity contribution in [3.05, 3.63) is 12.0 Å². The number of hydrogen-bond acceptors (Lipinski definition) is 6. The summed E-state index contributed by atoms with van der Waals surface area (Å²) < 4.78 is 5.20. The van der Waals surface area contributed by atoms with Gasteiger partial charge in [0.2, 0.25) is 0 Å². The Labute approximate surface area is 105 Å². The topological polar surface area (TPSA) is 67.1 Å². The fourth-order valence-electron chi connectivity index (χ4n) is 2.61. The van der Waals surface area contributed by atoms with Crippen molar-refractivity contribution in [2.75, 3.05) is 24.5 Å². The minimum atomic E-state index is 0.488. The summed E-state index contributed by atoms with van der Waals surface area (Å²) in [4.78, 5) is 10.9.